The Labute approximate surface area is 89.9 Å². The molecule has 15 heavy (non-hydrogen) atoms. The smallest absolute Gasteiger partial charge is 0.307 e. The maximum Gasteiger partial charge on any atom is 0.307 e. The monoisotopic (exact) mass is 202 g/mol. The summed E-state index contributed by atoms with van der Waals surface area (Å²) in [5.41, 5.74) is 2.19. The highest BCUT2D eigenvalue weighted by Crippen LogP contribution is 2.13. The molecule has 0 aliphatic rings. The predicted molar refractivity (Wildman–Crippen MR) is 59.5 cm³/mol. The van der Waals surface area contributed by atoms with Crippen LogP contribution in [-0.2, 0) is 11.2 Å². The summed E-state index contributed by atoms with van der Waals surface area (Å²) in [6, 6.07) is 7.85. The predicted octanol–water partition coefficient (Wildman–Crippen LogP) is 2.26. The van der Waals surface area contributed by atoms with Crippen molar-refractivity contribution in [1.82, 2.24) is 0 Å². The van der Waals surface area contributed by atoms with E-state index in [1.54, 1.807) is 0 Å². The first-order chi connectivity index (χ1) is 7.13. The van der Waals surface area contributed by atoms with Gasteiger partial charge in [-0.1, -0.05) is 29.8 Å². The van der Waals surface area contributed by atoms with Gasteiger partial charge in [0.25, 0.3) is 0 Å². The first kappa shape index (κ1) is 11.3. The van der Waals surface area contributed by atoms with Crippen LogP contribution in [0.15, 0.2) is 24.3 Å². The first-order valence-electron chi connectivity index (χ1n) is 4.85. The van der Waals surface area contributed by atoms with Crippen molar-refractivity contribution >= 4 is 5.97 Å². The summed E-state index contributed by atoms with van der Waals surface area (Å²) < 4.78 is 0. The molecular weight excluding hydrogens is 188 g/mol. The zero-order valence-corrected chi connectivity index (χ0v) is 8.73. The Bertz CT molecular complexity index is 371. The number of aryl methyl sites for hydroxylation is 1. The molecule has 1 aromatic carbocycles. The minimum atomic E-state index is -0.825. The fraction of sp³-hybridized carbons (Fsp3) is 0.308. The fourth-order valence-corrected chi connectivity index (χ4v) is 1.40. The van der Waals surface area contributed by atoms with Crippen LogP contribution < -0.4 is 0 Å². The van der Waals surface area contributed by atoms with E-state index in [0.717, 1.165) is 5.56 Å². The maximum atomic E-state index is 10.9. The normalized spacial score (nSPS) is 11.7. The second-order valence-corrected chi connectivity index (χ2v) is 3.63. The number of benzene rings is 1. The van der Waals surface area contributed by atoms with E-state index in [4.69, 9.17) is 11.5 Å². The molecule has 1 rings (SSSR count). The maximum absolute atomic E-state index is 10.9. The Kier molecular flexibility index (Phi) is 3.93. The van der Waals surface area contributed by atoms with Crippen LogP contribution in [0.1, 0.15) is 17.5 Å². The van der Waals surface area contributed by atoms with Crippen LogP contribution in [-0.4, -0.2) is 11.1 Å². The molecule has 0 spiro atoms. The highest BCUT2D eigenvalue weighted by Gasteiger charge is 2.16. The highest BCUT2D eigenvalue weighted by atomic mass is 16.4. The molecule has 0 saturated heterocycles. The van der Waals surface area contributed by atoms with Crippen molar-refractivity contribution in [1.29, 1.82) is 0 Å². The van der Waals surface area contributed by atoms with Crippen LogP contribution in [0.5, 0.6) is 0 Å². The average molecular weight is 202 g/mol. The molecule has 0 fully saturated rings. The molecule has 0 bridgehead atoms. The summed E-state index contributed by atoms with van der Waals surface area (Å²) in [7, 11) is 0. The van der Waals surface area contributed by atoms with E-state index in [9.17, 15) is 4.79 Å². The molecule has 0 aliphatic heterocycles. The number of hydrogen-bond donors (Lipinski definition) is 1. The third-order valence-corrected chi connectivity index (χ3v) is 2.32. The fourth-order valence-electron chi connectivity index (χ4n) is 1.40. The van der Waals surface area contributed by atoms with Crippen LogP contribution >= 0.6 is 0 Å². The average Bonchev–Trinajstić information content (AvgIpc) is 2.20. The molecule has 1 atom stereocenters. The lowest BCUT2D eigenvalue weighted by Crippen LogP contribution is -2.15. The number of carbonyl (C=O) groups is 1. The summed E-state index contributed by atoms with van der Waals surface area (Å²) in [5.74, 6) is 1.10. The second-order valence-electron chi connectivity index (χ2n) is 3.63. The molecule has 0 radical (unpaired) electrons. The van der Waals surface area contributed by atoms with Crippen molar-refractivity contribution in [3.8, 4) is 12.3 Å². The number of rotatable bonds is 4. The van der Waals surface area contributed by atoms with Crippen molar-refractivity contribution in [2.75, 3.05) is 0 Å². The number of aliphatic carboxylic acids is 1. The summed E-state index contributed by atoms with van der Waals surface area (Å²) in [4.78, 5) is 10.9. The van der Waals surface area contributed by atoms with Crippen LogP contribution in [0.4, 0.5) is 0 Å². The Morgan fingerprint density at radius 1 is 1.47 bits per heavy atom. The molecule has 0 saturated carbocycles. The van der Waals surface area contributed by atoms with Gasteiger partial charge in [0, 0.05) is 6.42 Å². The standard InChI is InChI=1S/C13H14O2/c1-3-4-12(13(14)15)9-11-7-5-10(2)6-8-11/h1,5-8,12H,4,9H2,2H3,(H,14,15). The van der Waals surface area contributed by atoms with E-state index < -0.39 is 11.9 Å². The van der Waals surface area contributed by atoms with E-state index in [1.807, 2.05) is 31.2 Å². The lowest BCUT2D eigenvalue weighted by atomic mass is 9.96. The Balaban J connectivity index is 2.70. The van der Waals surface area contributed by atoms with Crippen molar-refractivity contribution in [3.05, 3.63) is 35.4 Å². The summed E-state index contributed by atoms with van der Waals surface area (Å²) in [6.07, 6.45) is 5.91. The Morgan fingerprint density at radius 2 is 2.07 bits per heavy atom. The third-order valence-electron chi connectivity index (χ3n) is 2.32. The van der Waals surface area contributed by atoms with E-state index in [-0.39, 0.29) is 6.42 Å². The van der Waals surface area contributed by atoms with Gasteiger partial charge in [-0.15, -0.1) is 12.3 Å². The molecule has 0 amide bonds. The summed E-state index contributed by atoms with van der Waals surface area (Å²) >= 11 is 0. The van der Waals surface area contributed by atoms with Crippen molar-refractivity contribution in [3.63, 3.8) is 0 Å². The van der Waals surface area contributed by atoms with Crippen molar-refractivity contribution < 1.29 is 9.90 Å². The molecule has 0 aromatic heterocycles. The molecule has 78 valence electrons. The number of hydrogen-bond acceptors (Lipinski definition) is 1. The lowest BCUT2D eigenvalue weighted by Gasteiger charge is -2.08. The van der Waals surface area contributed by atoms with Crippen LogP contribution in [0, 0.1) is 25.2 Å². The van der Waals surface area contributed by atoms with Gasteiger partial charge in [-0.05, 0) is 18.9 Å². The molecule has 2 nitrogen and oxygen atoms in total. The van der Waals surface area contributed by atoms with E-state index in [1.165, 1.54) is 5.56 Å². The quantitative estimate of drug-likeness (QED) is 0.760. The number of carboxylic acids is 1. The van der Waals surface area contributed by atoms with Gasteiger partial charge in [-0.3, -0.25) is 4.79 Å². The third kappa shape index (κ3) is 3.47. The minimum absolute atomic E-state index is 0.281. The molecular formula is C13H14O2. The zero-order valence-electron chi connectivity index (χ0n) is 8.73. The minimum Gasteiger partial charge on any atom is -0.481 e. The molecule has 0 aliphatic carbocycles. The van der Waals surface area contributed by atoms with E-state index in [2.05, 4.69) is 5.92 Å². The van der Waals surface area contributed by atoms with Gasteiger partial charge >= 0.3 is 5.97 Å². The van der Waals surface area contributed by atoms with Crippen LogP contribution in [0.25, 0.3) is 0 Å². The molecule has 1 unspecified atom stereocenters. The van der Waals surface area contributed by atoms with Gasteiger partial charge in [0.1, 0.15) is 0 Å². The molecule has 2 heteroatoms. The molecule has 0 heterocycles. The topological polar surface area (TPSA) is 37.3 Å². The van der Waals surface area contributed by atoms with Gasteiger partial charge in [0.15, 0.2) is 0 Å². The largest absolute Gasteiger partial charge is 0.481 e. The van der Waals surface area contributed by atoms with Crippen molar-refractivity contribution in [2.45, 2.75) is 19.8 Å². The Morgan fingerprint density at radius 3 is 2.53 bits per heavy atom. The van der Waals surface area contributed by atoms with E-state index >= 15 is 0 Å². The number of carboxylic acid groups (broad SMARTS) is 1. The van der Waals surface area contributed by atoms with Crippen molar-refractivity contribution in [2.24, 2.45) is 5.92 Å². The Hall–Kier alpha value is -1.75. The van der Waals surface area contributed by atoms with Crippen LogP contribution in [0.3, 0.4) is 0 Å². The lowest BCUT2D eigenvalue weighted by molar-refractivity contribution is -0.141. The van der Waals surface area contributed by atoms with Gasteiger partial charge in [-0.25, -0.2) is 0 Å². The SMILES string of the molecule is C#CCC(Cc1ccc(C)cc1)C(=O)O. The van der Waals surface area contributed by atoms with Gasteiger partial charge in [0.05, 0.1) is 5.92 Å². The van der Waals surface area contributed by atoms with E-state index in [0.29, 0.717) is 6.42 Å². The molecule has 1 N–H and O–H groups in total. The number of terminal acetylenes is 1. The van der Waals surface area contributed by atoms with Gasteiger partial charge < -0.3 is 5.11 Å². The highest BCUT2D eigenvalue weighted by molar-refractivity contribution is 5.70. The molecule has 1 aromatic rings. The summed E-state index contributed by atoms with van der Waals surface area (Å²) in [6.45, 7) is 2.00. The van der Waals surface area contributed by atoms with Gasteiger partial charge in [-0.2, -0.15) is 0 Å². The van der Waals surface area contributed by atoms with Crippen LogP contribution in [0.2, 0.25) is 0 Å². The van der Waals surface area contributed by atoms with Gasteiger partial charge in [0.2, 0.25) is 0 Å². The zero-order chi connectivity index (χ0) is 11.3. The summed E-state index contributed by atoms with van der Waals surface area (Å²) in [5, 5.41) is 8.92. The second kappa shape index (κ2) is 5.21. The first-order valence-corrected chi connectivity index (χ1v) is 4.85.